The summed E-state index contributed by atoms with van der Waals surface area (Å²) in [6.07, 6.45) is 0.933. The summed E-state index contributed by atoms with van der Waals surface area (Å²) >= 11 is 0. The summed E-state index contributed by atoms with van der Waals surface area (Å²) < 4.78 is 15.8. The van der Waals surface area contributed by atoms with Crippen LogP contribution in [0.2, 0.25) is 0 Å². The van der Waals surface area contributed by atoms with Crippen molar-refractivity contribution < 1.29 is 14.2 Å². The van der Waals surface area contributed by atoms with Gasteiger partial charge in [-0.1, -0.05) is 6.92 Å². The number of ether oxygens (including phenoxy) is 3. The standard InChI is InChI=1S/C13H22N4O3/c1-5-6-15-13(17-14)16-9-7-10(18-2)12(20-4)11(8-9)19-3/h7-8H,5-6,14H2,1-4H3,(H2,15,16,17). The Morgan fingerprint density at radius 2 is 1.75 bits per heavy atom. The third kappa shape index (κ3) is 3.92. The Hall–Kier alpha value is -2.15. The number of benzene rings is 1. The van der Waals surface area contributed by atoms with Crippen LogP contribution < -0.4 is 30.8 Å². The topological polar surface area (TPSA) is 90.1 Å². The second kappa shape index (κ2) is 8.11. The van der Waals surface area contributed by atoms with Crippen molar-refractivity contribution >= 4 is 11.6 Å². The van der Waals surface area contributed by atoms with Crippen LogP contribution in [0, 0.1) is 0 Å². The molecule has 0 atom stereocenters. The van der Waals surface area contributed by atoms with Crippen LogP contribution in [-0.2, 0) is 0 Å². The second-order valence-corrected chi connectivity index (χ2v) is 3.91. The number of hydrogen-bond donors (Lipinski definition) is 3. The van der Waals surface area contributed by atoms with Crippen molar-refractivity contribution in [3.05, 3.63) is 12.1 Å². The number of anilines is 1. The van der Waals surface area contributed by atoms with Crippen LogP contribution in [-0.4, -0.2) is 33.8 Å². The SMILES string of the molecule is CCCN=C(NN)Nc1cc(OC)c(OC)c(OC)c1. The highest BCUT2D eigenvalue weighted by atomic mass is 16.5. The van der Waals surface area contributed by atoms with Gasteiger partial charge in [0.2, 0.25) is 11.7 Å². The first-order chi connectivity index (χ1) is 9.69. The van der Waals surface area contributed by atoms with Gasteiger partial charge >= 0.3 is 0 Å². The van der Waals surface area contributed by atoms with E-state index in [0.717, 1.165) is 12.1 Å². The Balaban J connectivity index is 3.06. The first-order valence-corrected chi connectivity index (χ1v) is 6.28. The molecule has 0 aromatic heterocycles. The maximum Gasteiger partial charge on any atom is 0.210 e. The van der Waals surface area contributed by atoms with Gasteiger partial charge in [0.15, 0.2) is 11.5 Å². The minimum Gasteiger partial charge on any atom is -0.493 e. The summed E-state index contributed by atoms with van der Waals surface area (Å²) in [5.41, 5.74) is 3.24. The van der Waals surface area contributed by atoms with Crippen molar-refractivity contribution in [3.63, 3.8) is 0 Å². The molecule has 0 fully saturated rings. The number of nitrogens with two attached hydrogens (primary N) is 1. The monoisotopic (exact) mass is 282 g/mol. The van der Waals surface area contributed by atoms with E-state index in [1.807, 2.05) is 6.92 Å². The van der Waals surface area contributed by atoms with E-state index in [9.17, 15) is 0 Å². The minimum absolute atomic E-state index is 0.473. The number of methoxy groups -OCH3 is 3. The Kier molecular flexibility index (Phi) is 6.45. The average molecular weight is 282 g/mol. The van der Waals surface area contributed by atoms with Gasteiger partial charge in [-0.15, -0.1) is 0 Å². The predicted molar refractivity (Wildman–Crippen MR) is 79.6 cm³/mol. The lowest BCUT2D eigenvalue weighted by Gasteiger charge is -2.15. The lowest BCUT2D eigenvalue weighted by Crippen LogP contribution is -2.36. The third-order valence-electron chi connectivity index (χ3n) is 2.56. The maximum absolute atomic E-state index is 5.43. The molecule has 0 bridgehead atoms. The molecule has 0 spiro atoms. The third-order valence-corrected chi connectivity index (χ3v) is 2.56. The fraction of sp³-hybridized carbons (Fsp3) is 0.462. The van der Waals surface area contributed by atoms with Gasteiger partial charge in [-0.25, -0.2) is 5.84 Å². The molecule has 0 aliphatic carbocycles. The highest BCUT2D eigenvalue weighted by Crippen LogP contribution is 2.39. The number of rotatable bonds is 6. The number of nitrogens with zero attached hydrogens (tertiary/aromatic N) is 1. The Labute approximate surface area is 119 Å². The molecule has 0 amide bonds. The van der Waals surface area contributed by atoms with E-state index in [1.54, 1.807) is 33.5 Å². The largest absolute Gasteiger partial charge is 0.493 e. The molecule has 1 aromatic carbocycles. The van der Waals surface area contributed by atoms with Gasteiger partial charge in [0, 0.05) is 24.4 Å². The van der Waals surface area contributed by atoms with Crippen molar-refractivity contribution in [2.75, 3.05) is 33.2 Å². The van der Waals surface area contributed by atoms with Gasteiger partial charge in [-0.3, -0.25) is 10.4 Å². The van der Waals surface area contributed by atoms with E-state index in [-0.39, 0.29) is 0 Å². The van der Waals surface area contributed by atoms with Crippen molar-refractivity contribution in [3.8, 4) is 17.2 Å². The van der Waals surface area contributed by atoms with E-state index >= 15 is 0 Å². The highest BCUT2D eigenvalue weighted by Gasteiger charge is 2.13. The van der Waals surface area contributed by atoms with Crippen LogP contribution in [0.3, 0.4) is 0 Å². The van der Waals surface area contributed by atoms with Crippen molar-refractivity contribution in [2.45, 2.75) is 13.3 Å². The lowest BCUT2D eigenvalue weighted by atomic mass is 10.2. The molecule has 0 saturated heterocycles. The van der Waals surface area contributed by atoms with Crippen LogP contribution in [0.4, 0.5) is 5.69 Å². The van der Waals surface area contributed by atoms with Gasteiger partial charge < -0.3 is 19.5 Å². The number of guanidine groups is 1. The van der Waals surface area contributed by atoms with Crippen LogP contribution >= 0.6 is 0 Å². The van der Waals surface area contributed by atoms with Crippen LogP contribution in [0.5, 0.6) is 17.2 Å². The summed E-state index contributed by atoms with van der Waals surface area (Å²) in [6, 6.07) is 3.56. The van der Waals surface area contributed by atoms with Gasteiger partial charge in [-0.2, -0.15) is 0 Å². The molecule has 1 aromatic rings. The van der Waals surface area contributed by atoms with E-state index in [4.69, 9.17) is 20.1 Å². The normalized spacial score (nSPS) is 10.9. The quantitative estimate of drug-likeness (QED) is 0.316. The summed E-state index contributed by atoms with van der Waals surface area (Å²) in [7, 11) is 4.69. The van der Waals surface area contributed by atoms with E-state index in [0.29, 0.717) is 29.8 Å². The van der Waals surface area contributed by atoms with E-state index < -0.39 is 0 Å². The Morgan fingerprint density at radius 1 is 1.15 bits per heavy atom. The van der Waals surface area contributed by atoms with Crippen LogP contribution in [0.25, 0.3) is 0 Å². The van der Waals surface area contributed by atoms with Crippen molar-refractivity contribution in [1.82, 2.24) is 5.43 Å². The maximum atomic E-state index is 5.43. The van der Waals surface area contributed by atoms with Crippen molar-refractivity contribution in [1.29, 1.82) is 0 Å². The van der Waals surface area contributed by atoms with Gasteiger partial charge in [0.1, 0.15) is 0 Å². The summed E-state index contributed by atoms with van der Waals surface area (Å²) in [5, 5.41) is 3.06. The average Bonchev–Trinajstić information content (AvgIpc) is 2.50. The fourth-order valence-electron chi connectivity index (χ4n) is 1.63. The zero-order valence-electron chi connectivity index (χ0n) is 12.3. The number of hydrogen-bond acceptors (Lipinski definition) is 5. The lowest BCUT2D eigenvalue weighted by molar-refractivity contribution is 0.324. The number of hydrazine groups is 1. The first-order valence-electron chi connectivity index (χ1n) is 6.28. The fourth-order valence-corrected chi connectivity index (χ4v) is 1.63. The number of nitrogens with one attached hydrogen (secondary N) is 2. The molecule has 0 saturated carbocycles. The molecule has 4 N–H and O–H groups in total. The van der Waals surface area contributed by atoms with Gasteiger partial charge in [-0.05, 0) is 6.42 Å². The zero-order chi connectivity index (χ0) is 15.0. The summed E-state index contributed by atoms with van der Waals surface area (Å²) in [6.45, 7) is 2.72. The molecule has 0 radical (unpaired) electrons. The van der Waals surface area contributed by atoms with Crippen LogP contribution in [0.1, 0.15) is 13.3 Å². The molecule has 1 rings (SSSR count). The number of aliphatic imine (C=N–C) groups is 1. The smallest absolute Gasteiger partial charge is 0.210 e. The molecule has 0 heterocycles. The molecule has 0 unspecified atom stereocenters. The van der Waals surface area contributed by atoms with Gasteiger partial charge in [0.05, 0.1) is 21.3 Å². The molecule has 0 aliphatic rings. The Morgan fingerprint density at radius 3 is 2.15 bits per heavy atom. The molecule has 20 heavy (non-hydrogen) atoms. The molecule has 7 nitrogen and oxygen atoms in total. The van der Waals surface area contributed by atoms with Crippen molar-refractivity contribution in [2.24, 2.45) is 10.8 Å². The summed E-state index contributed by atoms with van der Waals surface area (Å²) in [4.78, 5) is 4.27. The predicted octanol–water partition coefficient (Wildman–Crippen LogP) is 1.35. The second-order valence-electron chi connectivity index (χ2n) is 3.91. The first kappa shape index (κ1) is 15.9. The molecular weight excluding hydrogens is 260 g/mol. The minimum atomic E-state index is 0.473. The Bertz CT molecular complexity index is 438. The molecule has 0 aliphatic heterocycles. The highest BCUT2D eigenvalue weighted by molar-refractivity contribution is 5.93. The molecular formula is C13H22N4O3. The molecule has 7 heteroatoms. The molecule has 112 valence electrons. The zero-order valence-corrected chi connectivity index (χ0v) is 12.3. The summed E-state index contributed by atoms with van der Waals surface area (Å²) in [5.74, 6) is 7.55. The van der Waals surface area contributed by atoms with E-state index in [1.165, 1.54) is 0 Å². The van der Waals surface area contributed by atoms with Gasteiger partial charge in [0.25, 0.3) is 0 Å². The van der Waals surface area contributed by atoms with Crippen LogP contribution in [0.15, 0.2) is 17.1 Å². The van der Waals surface area contributed by atoms with E-state index in [2.05, 4.69) is 15.7 Å².